The van der Waals surface area contributed by atoms with Crippen LogP contribution in [-0.2, 0) is 0 Å². The highest BCUT2D eigenvalue weighted by molar-refractivity contribution is 7.20. The highest BCUT2D eigenvalue weighted by Crippen LogP contribution is 2.39. The van der Waals surface area contributed by atoms with Crippen LogP contribution in [0.15, 0.2) is 47.1 Å². The van der Waals surface area contributed by atoms with Crippen molar-refractivity contribution in [2.45, 2.75) is 19.8 Å². The van der Waals surface area contributed by atoms with Gasteiger partial charge in [-0.1, -0.05) is 18.2 Å². The van der Waals surface area contributed by atoms with Crippen LogP contribution in [0.1, 0.15) is 24.6 Å². The third kappa shape index (κ3) is 2.22. The fraction of sp³-hybridized carbons (Fsp3) is 0.188. The zero-order valence-corrected chi connectivity index (χ0v) is 13.4. The van der Waals surface area contributed by atoms with Gasteiger partial charge in [-0.2, -0.15) is 5.10 Å². The Bertz CT molecular complexity index is 831. The summed E-state index contributed by atoms with van der Waals surface area (Å²) in [5.74, 6) is 0.355. The van der Waals surface area contributed by atoms with Crippen LogP contribution in [-0.4, -0.2) is 10.2 Å². The van der Waals surface area contributed by atoms with Gasteiger partial charge in [-0.15, -0.1) is 22.7 Å². The van der Waals surface area contributed by atoms with Gasteiger partial charge in [-0.3, -0.25) is 5.10 Å². The Balaban J connectivity index is 1.80. The van der Waals surface area contributed by atoms with Crippen LogP contribution < -0.4 is 5.32 Å². The fourth-order valence-electron chi connectivity index (χ4n) is 2.73. The number of aromatic nitrogens is 2. The molecule has 0 atom stereocenters. The number of nitrogens with one attached hydrogen (secondary N) is 2. The van der Waals surface area contributed by atoms with Crippen molar-refractivity contribution in [3.05, 3.63) is 52.0 Å². The van der Waals surface area contributed by atoms with E-state index in [2.05, 4.69) is 65.1 Å². The largest absolute Gasteiger partial charge is 0.363 e. The van der Waals surface area contributed by atoms with E-state index in [1.165, 1.54) is 25.8 Å². The second-order valence-corrected chi connectivity index (χ2v) is 7.32. The van der Waals surface area contributed by atoms with E-state index in [1.54, 1.807) is 11.3 Å². The number of fused-ring (bicyclic) bond motifs is 1. The van der Waals surface area contributed by atoms with E-state index in [0.717, 1.165) is 11.2 Å². The normalized spacial score (nSPS) is 15.9. The highest BCUT2D eigenvalue weighted by Gasteiger charge is 2.18. The quantitative estimate of drug-likeness (QED) is 0.710. The van der Waals surface area contributed by atoms with Crippen LogP contribution >= 0.6 is 22.7 Å². The maximum atomic E-state index is 4.47. The summed E-state index contributed by atoms with van der Waals surface area (Å²) in [6.07, 6.45) is 4.55. The highest BCUT2D eigenvalue weighted by atomic mass is 32.1. The van der Waals surface area contributed by atoms with Crippen molar-refractivity contribution in [1.29, 1.82) is 0 Å². The maximum Gasteiger partial charge on any atom is 0.120 e. The fourth-order valence-corrected chi connectivity index (χ4v) is 4.66. The average molecular weight is 313 g/mol. The van der Waals surface area contributed by atoms with Crippen molar-refractivity contribution >= 4 is 32.9 Å². The minimum atomic E-state index is 0.355. The van der Waals surface area contributed by atoms with E-state index in [1.807, 2.05) is 11.3 Å². The van der Waals surface area contributed by atoms with E-state index in [9.17, 15) is 0 Å². The average Bonchev–Trinajstić information content (AvgIpc) is 3.13. The van der Waals surface area contributed by atoms with E-state index in [0.29, 0.717) is 5.92 Å². The molecule has 4 rings (SSSR count). The standard InChI is InChI=1S/C16H15N3S2/c1-9-6-11(7-10(2)17-9)14-8-12-16(21-14)15(19-18-12)13-4-3-5-20-13/h3-8,11,17H,1-2H3,(H,18,19). The predicted octanol–water partition coefficient (Wildman–Crippen LogP) is 4.85. The third-order valence-electron chi connectivity index (χ3n) is 3.59. The summed E-state index contributed by atoms with van der Waals surface area (Å²) in [5, 5.41) is 13.1. The van der Waals surface area contributed by atoms with Crippen LogP contribution in [0.4, 0.5) is 0 Å². The monoisotopic (exact) mass is 313 g/mol. The molecule has 0 radical (unpaired) electrons. The van der Waals surface area contributed by atoms with Gasteiger partial charge in [0.15, 0.2) is 0 Å². The Kier molecular flexibility index (Phi) is 2.97. The number of thiophene rings is 2. The van der Waals surface area contributed by atoms with Gasteiger partial charge >= 0.3 is 0 Å². The molecule has 0 unspecified atom stereocenters. The number of rotatable bonds is 2. The second-order valence-electron chi connectivity index (χ2n) is 5.29. The Morgan fingerprint density at radius 1 is 1.19 bits per heavy atom. The molecule has 1 aliphatic heterocycles. The van der Waals surface area contributed by atoms with Crippen molar-refractivity contribution in [2.75, 3.05) is 0 Å². The summed E-state index contributed by atoms with van der Waals surface area (Å²) in [7, 11) is 0. The Morgan fingerprint density at radius 2 is 2.00 bits per heavy atom. The molecule has 4 heterocycles. The van der Waals surface area contributed by atoms with Gasteiger partial charge in [0.25, 0.3) is 0 Å². The molecule has 3 aromatic heterocycles. The Labute approximate surface area is 131 Å². The predicted molar refractivity (Wildman–Crippen MR) is 90.7 cm³/mol. The summed E-state index contributed by atoms with van der Waals surface area (Å²) >= 11 is 3.57. The first-order valence-electron chi connectivity index (χ1n) is 6.86. The van der Waals surface area contributed by atoms with Gasteiger partial charge in [0.2, 0.25) is 0 Å². The molecule has 0 saturated heterocycles. The number of allylic oxidation sites excluding steroid dienone is 4. The molecule has 0 bridgehead atoms. The number of hydrogen-bond acceptors (Lipinski definition) is 4. The molecule has 5 heteroatoms. The molecule has 0 fully saturated rings. The van der Waals surface area contributed by atoms with E-state index < -0.39 is 0 Å². The summed E-state index contributed by atoms with van der Waals surface area (Å²) in [5.41, 5.74) is 4.64. The molecule has 1 aliphatic rings. The molecule has 0 aromatic carbocycles. The third-order valence-corrected chi connectivity index (χ3v) is 5.71. The first kappa shape index (κ1) is 12.9. The molecule has 21 heavy (non-hydrogen) atoms. The molecule has 0 aliphatic carbocycles. The van der Waals surface area contributed by atoms with Crippen LogP contribution in [0, 0.1) is 0 Å². The molecule has 106 valence electrons. The molecule has 0 amide bonds. The first-order chi connectivity index (χ1) is 10.2. The summed E-state index contributed by atoms with van der Waals surface area (Å²) in [6.45, 7) is 4.23. The number of H-pyrrole nitrogens is 1. The number of aromatic amines is 1. The molecule has 3 nitrogen and oxygen atoms in total. The number of dihydropyridines is 1. The minimum absolute atomic E-state index is 0.355. The van der Waals surface area contributed by atoms with Crippen molar-refractivity contribution in [3.8, 4) is 10.6 Å². The van der Waals surface area contributed by atoms with Gasteiger partial charge in [-0.05, 0) is 31.4 Å². The molecular formula is C16H15N3S2. The number of nitrogens with zero attached hydrogens (tertiary/aromatic N) is 1. The smallest absolute Gasteiger partial charge is 0.120 e. The van der Waals surface area contributed by atoms with Gasteiger partial charge < -0.3 is 5.32 Å². The lowest BCUT2D eigenvalue weighted by Gasteiger charge is -2.17. The van der Waals surface area contributed by atoms with E-state index in [-0.39, 0.29) is 0 Å². The van der Waals surface area contributed by atoms with Crippen molar-refractivity contribution < 1.29 is 0 Å². The maximum absolute atomic E-state index is 4.47. The van der Waals surface area contributed by atoms with Gasteiger partial charge in [0.05, 0.1) is 15.1 Å². The molecule has 3 aromatic rings. The SMILES string of the molecule is CC1=CC(c2cc3[nH]nc(-c4cccs4)c3s2)C=C(C)N1. The molecular weight excluding hydrogens is 298 g/mol. The summed E-state index contributed by atoms with van der Waals surface area (Å²) in [6, 6.07) is 6.42. The second kappa shape index (κ2) is 4.86. The lowest BCUT2D eigenvalue weighted by molar-refractivity contribution is 0.878. The Hall–Kier alpha value is -1.85. The zero-order chi connectivity index (χ0) is 14.4. The molecule has 0 spiro atoms. The van der Waals surface area contributed by atoms with Crippen molar-refractivity contribution in [3.63, 3.8) is 0 Å². The van der Waals surface area contributed by atoms with Crippen LogP contribution in [0.3, 0.4) is 0 Å². The van der Waals surface area contributed by atoms with Gasteiger partial charge in [0.1, 0.15) is 5.69 Å². The van der Waals surface area contributed by atoms with Crippen LogP contribution in [0.25, 0.3) is 20.8 Å². The molecule has 0 saturated carbocycles. The summed E-state index contributed by atoms with van der Waals surface area (Å²) < 4.78 is 1.25. The Morgan fingerprint density at radius 3 is 2.71 bits per heavy atom. The topological polar surface area (TPSA) is 40.7 Å². The zero-order valence-electron chi connectivity index (χ0n) is 11.8. The van der Waals surface area contributed by atoms with Crippen molar-refractivity contribution in [1.82, 2.24) is 15.5 Å². The number of hydrogen-bond donors (Lipinski definition) is 2. The molecule has 2 N–H and O–H groups in total. The van der Waals surface area contributed by atoms with Crippen LogP contribution in [0.2, 0.25) is 0 Å². The minimum Gasteiger partial charge on any atom is -0.363 e. The van der Waals surface area contributed by atoms with Crippen molar-refractivity contribution in [2.24, 2.45) is 0 Å². The van der Waals surface area contributed by atoms with Gasteiger partial charge in [-0.25, -0.2) is 0 Å². The van der Waals surface area contributed by atoms with E-state index >= 15 is 0 Å². The van der Waals surface area contributed by atoms with Gasteiger partial charge in [0, 0.05) is 22.2 Å². The first-order valence-corrected chi connectivity index (χ1v) is 8.56. The van der Waals surface area contributed by atoms with Crippen LogP contribution in [0.5, 0.6) is 0 Å². The van der Waals surface area contributed by atoms with E-state index in [4.69, 9.17) is 0 Å². The lowest BCUT2D eigenvalue weighted by atomic mass is 10.0. The lowest BCUT2D eigenvalue weighted by Crippen LogP contribution is -2.14. The summed E-state index contributed by atoms with van der Waals surface area (Å²) in [4.78, 5) is 2.58.